The highest BCUT2D eigenvalue weighted by Gasteiger charge is 2.16. The van der Waals surface area contributed by atoms with Crippen LogP contribution < -0.4 is 5.32 Å². The number of nitrogens with zero attached hydrogens (tertiary/aromatic N) is 1. The van der Waals surface area contributed by atoms with Crippen molar-refractivity contribution in [2.75, 3.05) is 32.8 Å². The number of ether oxygens (including phenoxy) is 1. The Labute approximate surface area is 80.4 Å². The summed E-state index contributed by atoms with van der Waals surface area (Å²) >= 11 is 0. The van der Waals surface area contributed by atoms with Crippen molar-refractivity contribution in [3.63, 3.8) is 0 Å². The van der Waals surface area contributed by atoms with Crippen LogP contribution in [0.3, 0.4) is 0 Å². The first-order chi connectivity index (χ1) is 6.45. The molecule has 0 saturated carbocycles. The second-order valence-electron chi connectivity index (χ2n) is 4.00. The molecular formula is C10H20N2O. The van der Waals surface area contributed by atoms with Crippen LogP contribution in [0, 0.1) is 0 Å². The van der Waals surface area contributed by atoms with E-state index in [9.17, 15) is 0 Å². The van der Waals surface area contributed by atoms with E-state index in [0.717, 1.165) is 19.6 Å². The van der Waals surface area contributed by atoms with Crippen LogP contribution in [0.2, 0.25) is 0 Å². The Hall–Kier alpha value is -0.120. The van der Waals surface area contributed by atoms with E-state index in [-0.39, 0.29) is 0 Å². The normalized spacial score (nSPS) is 30.9. The van der Waals surface area contributed by atoms with Gasteiger partial charge in [0.05, 0.1) is 0 Å². The molecule has 0 spiro atoms. The van der Waals surface area contributed by atoms with Gasteiger partial charge in [0, 0.05) is 13.2 Å². The molecule has 1 atom stereocenters. The molecule has 0 bridgehead atoms. The maximum Gasteiger partial charge on any atom is 0.109 e. The van der Waals surface area contributed by atoms with E-state index in [1.54, 1.807) is 0 Å². The standard InChI is InChI=1S/C10H20N2O/c1-2-7-12(6-1)8-4-10-11-5-3-9-13-10/h10-11H,1-9H2. The van der Waals surface area contributed by atoms with Gasteiger partial charge < -0.3 is 9.64 Å². The van der Waals surface area contributed by atoms with Crippen molar-refractivity contribution in [2.24, 2.45) is 0 Å². The Morgan fingerprint density at radius 2 is 2.08 bits per heavy atom. The summed E-state index contributed by atoms with van der Waals surface area (Å²) in [5.41, 5.74) is 0. The molecular weight excluding hydrogens is 164 g/mol. The quantitative estimate of drug-likeness (QED) is 0.702. The van der Waals surface area contributed by atoms with Crippen LogP contribution in [-0.2, 0) is 4.74 Å². The summed E-state index contributed by atoms with van der Waals surface area (Å²) in [6, 6.07) is 0. The molecule has 0 aromatic heterocycles. The van der Waals surface area contributed by atoms with Gasteiger partial charge in [-0.3, -0.25) is 5.32 Å². The number of hydrogen-bond acceptors (Lipinski definition) is 3. The van der Waals surface area contributed by atoms with Gasteiger partial charge in [-0.05, 0) is 45.3 Å². The summed E-state index contributed by atoms with van der Waals surface area (Å²) in [6.07, 6.45) is 5.42. The lowest BCUT2D eigenvalue weighted by Crippen LogP contribution is -2.40. The molecule has 3 nitrogen and oxygen atoms in total. The molecule has 0 aromatic carbocycles. The van der Waals surface area contributed by atoms with E-state index < -0.39 is 0 Å². The highest BCUT2D eigenvalue weighted by Crippen LogP contribution is 2.09. The van der Waals surface area contributed by atoms with Crippen LogP contribution in [0.5, 0.6) is 0 Å². The van der Waals surface area contributed by atoms with Gasteiger partial charge in [-0.25, -0.2) is 0 Å². The molecule has 2 saturated heterocycles. The van der Waals surface area contributed by atoms with E-state index in [1.165, 1.54) is 38.9 Å². The number of likely N-dealkylation sites (tertiary alicyclic amines) is 1. The molecule has 2 fully saturated rings. The molecule has 3 heteroatoms. The minimum atomic E-state index is 0.328. The van der Waals surface area contributed by atoms with E-state index in [0.29, 0.717) is 6.23 Å². The van der Waals surface area contributed by atoms with Crippen molar-refractivity contribution in [1.29, 1.82) is 0 Å². The van der Waals surface area contributed by atoms with Crippen molar-refractivity contribution in [3.8, 4) is 0 Å². The average Bonchev–Trinajstić information content (AvgIpc) is 2.69. The first-order valence-electron chi connectivity index (χ1n) is 5.52. The summed E-state index contributed by atoms with van der Waals surface area (Å²) in [5.74, 6) is 0. The molecule has 0 aromatic rings. The molecule has 76 valence electrons. The fourth-order valence-corrected chi connectivity index (χ4v) is 2.11. The maximum atomic E-state index is 5.60. The average molecular weight is 184 g/mol. The van der Waals surface area contributed by atoms with Crippen molar-refractivity contribution >= 4 is 0 Å². The number of hydrogen-bond donors (Lipinski definition) is 1. The fourth-order valence-electron chi connectivity index (χ4n) is 2.11. The predicted molar refractivity (Wildman–Crippen MR) is 52.7 cm³/mol. The molecule has 0 aliphatic carbocycles. The second kappa shape index (κ2) is 4.94. The van der Waals surface area contributed by atoms with E-state index in [1.807, 2.05) is 0 Å². The maximum absolute atomic E-state index is 5.60. The van der Waals surface area contributed by atoms with Crippen LogP contribution in [0.15, 0.2) is 0 Å². The smallest absolute Gasteiger partial charge is 0.109 e. The predicted octanol–water partition coefficient (Wildman–Crippen LogP) is 0.808. The Morgan fingerprint density at radius 3 is 2.77 bits per heavy atom. The van der Waals surface area contributed by atoms with Crippen molar-refractivity contribution in [2.45, 2.75) is 31.9 Å². The third-order valence-electron chi connectivity index (χ3n) is 2.92. The summed E-state index contributed by atoms with van der Waals surface area (Å²) in [4.78, 5) is 2.54. The summed E-state index contributed by atoms with van der Waals surface area (Å²) < 4.78 is 5.60. The minimum Gasteiger partial charge on any atom is -0.363 e. The van der Waals surface area contributed by atoms with Crippen LogP contribution in [0.1, 0.15) is 25.7 Å². The van der Waals surface area contributed by atoms with Gasteiger partial charge >= 0.3 is 0 Å². The Kier molecular flexibility index (Phi) is 3.58. The molecule has 2 aliphatic heterocycles. The Morgan fingerprint density at radius 1 is 1.23 bits per heavy atom. The van der Waals surface area contributed by atoms with Crippen LogP contribution >= 0.6 is 0 Å². The van der Waals surface area contributed by atoms with Gasteiger partial charge in [0.15, 0.2) is 0 Å². The monoisotopic (exact) mass is 184 g/mol. The summed E-state index contributed by atoms with van der Waals surface area (Å²) in [6.45, 7) is 5.87. The minimum absolute atomic E-state index is 0.328. The van der Waals surface area contributed by atoms with Gasteiger partial charge in [-0.2, -0.15) is 0 Å². The first kappa shape index (κ1) is 9.44. The van der Waals surface area contributed by atoms with Crippen LogP contribution in [0.25, 0.3) is 0 Å². The van der Waals surface area contributed by atoms with Gasteiger partial charge in [0.25, 0.3) is 0 Å². The van der Waals surface area contributed by atoms with Gasteiger partial charge in [-0.15, -0.1) is 0 Å². The third-order valence-corrected chi connectivity index (χ3v) is 2.92. The molecule has 13 heavy (non-hydrogen) atoms. The lowest BCUT2D eigenvalue weighted by atomic mass is 10.3. The van der Waals surface area contributed by atoms with Crippen molar-refractivity contribution < 1.29 is 4.74 Å². The van der Waals surface area contributed by atoms with Gasteiger partial charge in [0.1, 0.15) is 6.23 Å². The molecule has 2 heterocycles. The van der Waals surface area contributed by atoms with E-state index in [2.05, 4.69) is 10.2 Å². The Balaban J connectivity index is 1.60. The SMILES string of the molecule is C1CNC(CCN2CCCC2)OC1. The number of rotatable bonds is 3. The third kappa shape index (κ3) is 2.93. The van der Waals surface area contributed by atoms with Crippen molar-refractivity contribution in [1.82, 2.24) is 10.2 Å². The second-order valence-corrected chi connectivity index (χ2v) is 4.00. The molecule has 0 amide bonds. The van der Waals surface area contributed by atoms with Gasteiger partial charge in [-0.1, -0.05) is 0 Å². The largest absolute Gasteiger partial charge is 0.363 e. The first-order valence-corrected chi connectivity index (χ1v) is 5.52. The molecule has 0 radical (unpaired) electrons. The van der Waals surface area contributed by atoms with Crippen LogP contribution in [-0.4, -0.2) is 43.9 Å². The zero-order valence-corrected chi connectivity index (χ0v) is 8.30. The molecule has 1 unspecified atom stereocenters. The lowest BCUT2D eigenvalue weighted by molar-refractivity contribution is -0.00793. The highest BCUT2D eigenvalue weighted by atomic mass is 16.5. The summed E-state index contributed by atoms with van der Waals surface area (Å²) in [7, 11) is 0. The van der Waals surface area contributed by atoms with E-state index >= 15 is 0 Å². The number of nitrogens with one attached hydrogen (secondary N) is 1. The fraction of sp³-hybridized carbons (Fsp3) is 1.00. The molecule has 2 aliphatic rings. The van der Waals surface area contributed by atoms with Crippen LogP contribution in [0.4, 0.5) is 0 Å². The molecule has 2 rings (SSSR count). The Bertz CT molecular complexity index is 140. The van der Waals surface area contributed by atoms with E-state index in [4.69, 9.17) is 4.74 Å². The molecule has 1 N–H and O–H groups in total. The zero-order valence-electron chi connectivity index (χ0n) is 8.30. The van der Waals surface area contributed by atoms with Crippen molar-refractivity contribution in [3.05, 3.63) is 0 Å². The topological polar surface area (TPSA) is 24.5 Å². The lowest BCUT2D eigenvalue weighted by Gasteiger charge is -2.26. The summed E-state index contributed by atoms with van der Waals surface area (Å²) in [5, 5.41) is 3.39. The highest BCUT2D eigenvalue weighted by molar-refractivity contribution is 4.69. The zero-order chi connectivity index (χ0) is 8.93. The van der Waals surface area contributed by atoms with Gasteiger partial charge in [0.2, 0.25) is 0 Å².